The second kappa shape index (κ2) is 6.18. The predicted octanol–water partition coefficient (Wildman–Crippen LogP) is 1.33. The molecule has 0 atom stereocenters. The van der Waals surface area contributed by atoms with Crippen molar-refractivity contribution >= 4 is 21.7 Å². The maximum absolute atomic E-state index is 9.27. The maximum Gasteiger partial charge on any atom is 0.133 e. The monoisotopic (exact) mass is 287 g/mol. The highest BCUT2D eigenvalue weighted by Crippen LogP contribution is 2.20. The summed E-state index contributed by atoms with van der Waals surface area (Å²) in [5.41, 5.74) is 0.843. The van der Waals surface area contributed by atoms with Crippen molar-refractivity contribution in [1.29, 1.82) is 0 Å². The van der Waals surface area contributed by atoms with Gasteiger partial charge in [0.2, 0.25) is 0 Å². The topological polar surface area (TPSA) is 39.6 Å². The molecule has 0 spiro atoms. The number of likely N-dealkylation sites (N-methyl/N-ethyl adjacent to an activating group) is 2. The van der Waals surface area contributed by atoms with E-state index in [0.29, 0.717) is 0 Å². The first-order chi connectivity index (χ1) is 7.54. The highest BCUT2D eigenvalue weighted by molar-refractivity contribution is 9.10. The van der Waals surface area contributed by atoms with Crippen LogP contribution in [-0.2, 0) is 6.61 Å². The molecule has 16 heavy (non-hydrogen) atoms. The van der Waals surface area contributed by atoms with E-state index >= 15 is 0 Å². The van der Waals surface area contributed by atoms with E-state index in [1.807, 2.05) is 27.2 Å². The average Bonchev–Trinajstić information content (AvgIpc) is 2.25. The Bertz CT molecular complexity index is 344. The zero-order chi connectivity index (χ0) is 12.1. The molecule has 1 rings (SSSR count). The number of pyridine rings is 1. The van der Waals surface area contributed by atoms with Gasteiger partial charge in [0.05, 0.1) is 6.61 Å². The summed E-state index contributed by atoms with van der Waals surface area (Å²) >= 11 is 3.35. The summed E-state index contributed by atoms with van der Waals surface area (Å²) in [5.74, 6) is 0.840. The third kappa shape index (κ3) is 3.73. The third-order valence-corrected chi connectivity index (χ3v) is 2.76. The van der Waals surface area contributed by atoms with Crippen LogP contribution in [0.25, 0.3) is 0 Å². The van der Waals surface area contributed by atoms with Crippen LogP contribution in [0.1, 0.15) is 5.56 Å². The summed E-state index contributed by atoms with van der Waals surface area (Å²) in [6, 6.07) is 1.90. The van der Waals surface area contributed by atoms with E-state index in [-0.39, 0.29) is 6.61 Å². The molecule has 0 aliphatic carbocycles. The third-order valence-electron chi connectivity index (χ3n) is 2.32. The lowest BCUT2D eigenvalue weighted by Gasteiger charge is -2.22. The van der Waals surface area contributed by atoms with Crippen LogP contribution < -0.4 is 4.90 Å². The molecule has 0 fully saturated rings. The number of nitrogens with zero attached hydrogens (tertiary/aromatic N) is 3. The van der Waals surface area contributed by atoms with Crippen LogP contribution in [0, 0.1) is 0 Å². The van der Waals surface area contributed by atoms with Crippen LogP contribution in [0.5, 0.6) is 0 Å². The van der Waals surface area contributed by atoms with Crippen molar-refractivity contribution < 1.29 is 5.11 Å². The first kappa shape index (κ1) is 13.4. The molecule has 1 heterocycles. The molecule has 5 heteroatoms. The quantitative estimate of drug-likeness (QED) is 0.887. The van der Waals surface area contributed by atoms with E-state index < -0.39 is 0 Å². The number of aliphatic hydroxyl groups excluding tert-OH is 1. The normalized spacial score (nSPS) is 10.9. The van der Waals surface area contributed by atoms with Gasteiger partial charge in [0.15, 0.2) is 0 Å². The molecule has 0 unspecified atom stereocenters. The van der Waals surface area contributed by atoms with Gasteiger partial charge in [-0.05, 0) is 36.1 Å². The van der Waals surface area contributed by atoms with Crippen molar-refractivity contribution in [3.8, 4) is 0 Å². The SMILES string of the molecule is CN(C)CCN(C)c1ncc(Br)cc1CO. The van der Waals surface area contributed by atoms with E-state index in [9.17, 15) is 5.11 Å². The lowest BCUT2D eigenvalue weighted by Crippen LogP contribution is -2.29. The van der Waals surface area contributed by atoms with Gasteiger partial charge < -0.3 is 14.9 Å². The van der Waals surface area contributed by atoms with Crippen LogP contribution in [0.3, 0.4) is 0 Å². The van der Waals surface area contributed by atoms with Crippen LogP contribution in [-0.4, -0.2) is 49.2 Å². The molecule has 1 N–H and O–H groups in total. The molecule has 1 aromatic rings. The molecule has 0 amide bonds. The second-order valence-electron chi connectivity index (χ2n) is 4.02. The lowest BCUT2D eigenvalue weighted by molar-refractivity contribution is 0.281. The minimum atomic E-state index is 0.00801. The van der Waals surface area contributed by atoms with E-state index in [2.05, 4.69) is 30.7 Å². The van der Waals surface area contributed by atoms with Crippen molar-refractivity contribution in [3.05, 3.63) is 22.3 Å². The largest absolute Gasteiger partial charge is 0.392 e. The van der Waals surface area contributed by atoms with E-state index in [4.69, 9.17) is 0 Å². The fourth-order valence-corrected chi connectivity index (χ4v) is 1.77. The van der Waals surface area contributed by atoms with Gasteiger partial charge in [-0.3, -0.25) is 0 Å². The molecule has 90 valence electrons. The van der Waals surface area contributed by atoms with E-state index in [0.717, 1.165) is 28.9 Å². The number of hydrogen-bond donors (Lipinski definition) is 1. The number of halogens is 1. The van der Waals surface area contributed by atoms with Gasteiger partial charge in [-0.2, -0.15) is 0 Å². The Labute approximate surface area is 105 Å². The first-order valence-electron chi connectivity index (χ1n) is 5.15. The second-order valence-corrected chi connectivity index (χ2v) is 4.93. The minimum Gasteiger partial charge on any atom is -0.392 e. The van der Waals surface area contributed by atoms with Crippen molar-refractivity contribution in [2.75, 3.05) is 39.1 Å². The van der Waals surface area contributed by atoms with Crippen LogP contribution in [0.2, 0.25) is 0 Å². The Morgan fingerprint density at radius 1 is 1.31 bits per heavy atom. The summed E-state index contributed by atoms with van der Waals surface area (Å²) in [7, 11) is 6.06. The van der Waals surface area contributed by atoms with Gasteiger partial charge in [-0.15, -0.1) is 0 Å². The number of aromatic nitrogens is 1. The molecule has 4 nitrogen and oxygen atoms in total. The van der Waals surface area contributed by atoms with Gasteiger partial charge in [0, 0.05) is 36.4 Å². The zero-order valence-corrected chi connectivity index (χ0v) is 11.5. The number of hydrogen-bond acceptors (Lipinski definition) is 4. The van der Waals surface area contributed by atoms with Crippen LogP contribution >= 0.6 is 15.9 Å². The Morgan fingerprint density at radius 3 is 2.56 bits per heavy atom. The van der Waals surface area contributed by atoms with Gasteiger partial charge in [0.25, 0.3) is 0 Å². The van der Waals surface area contributed by atoms with Gasteiger partial charge in [0.1, 0.15) is 5.82 Å². The van der Waals surface area contributed by atoms with E-state index in [1.54, 1.807) is 6.20 Å². The zero-order valence-electron chi connectivity index (χ0n) is 9.94. The Balaban J connectivity index is 2.77. The van der Waals surface area contributed by atoms with Crippen LogP contribution in [0.4, 0.5) is 5.82 Å². The maximum atomic E-state index is 9.27. The molecule has 0 radical (unpaired) electrons. The molecule has 0 aliphatic rings. The smallest absolute Gasteiger partial charge is 0.133 e. The fourth-order valence-electron chi connectivity index (χ4n) is 1.39. The summed E-state index contributed by atoms with van der Waals surface area (Å²) in [6.45, 7) is 1.85. The summed E-state index contributed by atoms with van der Waals surface area (Å²) in [5, 5.41) is 9.27. The number of aliphatic hydroxyl groups is 1. The molecule has 0 saturated carbocycles. The molecule has 0 aromatic carbocycles. The standard InChI is InChI=1S/C11H18BrN3O/c1-14(2)4-5-15(3)11-9(8-16)6-10(12)7-13-11/h6-7,16H,4-5,8H2,1-3H3. The molecular weight excluding hydrogens is 270 g/mol. The van der Waals surface area contributed by atoms with E-state index in [1.165, 1.54) is 0 Å². The summed E-state index contributed by atoms with van der Waals surface area (Å²) in [6.07, 6.45) is 1.75. The Kier molecular flexibility index (Phi) is 5.18. The first-order valence-corrected chi connectivity index (χ1v) is 5.95. The average molecular weight is 288 g/mol. The van der Waals surface area contributed by atoms with Gasteiger partial charge in [-0.1, -0.05) is 0 Å². The van der Waals surface area contributed by atoms with Crippen LogP contribution in [0.15, 0.2) is 16.7 Å². The highest BCUT2D eigenvalue weighted by Gasteiger charge is 2.09. The number of rotatable bonds is 5. The van der Waals surface area contributed by atoms with Gasteiger partial charge >= 0.3 is 0 Å². The minimum absolute atomic E-state index is 0.00801. The van der Waals surface area contributed by atoms with Crippen molar-refractivity contribution in [3.63, 3.8) is 0 Å². The molecule has 0 bridgehead atoms. The fraction of sp³-hybridized carbons (Fsp3) is 0.545. The van der Waals surface area contributed by atoms with Crippen molar-refractivity contribution in [1.82, 2.24) is 9.88 Å². The molecule has 1 aromatic heterocycles. The molecule has 0 saturated heterocycles. The predicted molar refractivity (Wildman–Crippen MR) is 69.7 cm³/mol. The lowest BCUT2D eigenvalue weighted by atomic mass is 10.2. The van der Waals surface area contributed by atoms with Crippen molar-refractivity contribution in [2.45, 2.75) is 6.61 Å². The summed E-state index contributed by atoms with van der Waals surface area (Å²) in [4.78, 5) is 8.50. The Hall–Kier alpha value is -0.650. The molecule has 0 aliphatic heterocycles. The number of anilines is 1. The van der Waals surface area contributed by atoms with Gasteiger partial charge in [-0.25, -0.2) is 4.98 Å². The highest BCUT2D eigenvalue weighted by atomic mass is 79.9. The van der Waals surface area contributed by atoms with Crippen molar-refractivity contribution in [2.24, 2.45) is 0 Å². The molecular formula is C11H18BrN3O. The Morgan fingerprint density at radius 2 is 2.00 bits per heavy atom. The summed E-state index contributed by atoms with van der Waals surface area (Å²) < 4.78 is 0.890.